The van der Waals surface area contributed by atoms with Crippen molar-refractivity contribution in [2.45, 2.75) is 57.5 Å². The van der Waals surface area contributed by atoms with Crippen molar-refractivity contribution in [3.8, 4) is 0 Å². The summed E-state index contributed by atoms with van der Waals surface area (Å²) in [4.78, 5) is 1.77. The van der Waals surface area contributed by atoms with E-state index in [1.54, 1.807) is 4.90 Å². The van der Waals surface area contributed by atoms with Crippen molar-refractivity contribution in [2.75, 3.05) is 6.61 Å². The molecule has 0 aromatic heterocycles. The maximum Gasteiger partial charge on any atom is 0.635 e. The highest BCUT2D eigenvalue weighted by Gasteiger charge is 2.59. The average Bonchev–Trinajstić information content (AvgIpc) is 3.23. The van der Waals surface area contributed by atoms with Crippen LogP contribution in [0.1, 0.15) is 46.0 Å². The van der Waals surface area contributed by atoms with Gasteiger partial charge < -0.3 is 29.2 Å². The second kappa shape index (κ2) is 5.95. The van der Waals surface area contributed by atoms with Crippen LogP contribution < -0.4 is 0 Å². The van der Waals surface area contributed by atoms with E-state index in [0.29, 0.717) is 12.5 Å². The van der Waals surface area contributed by atoms with Gasteiger partial charge in [0.15, 0.2) is 5.50 Å². The Labute approximate surface area is 131 Å². The van der Waals surface area contributed by atoms with Crippen LogP contribution in [0.3, 0.4) is 0 Å². The van der Waals surface area contributed by atoms with Gasteiger partial charge in [0.05, 0.1) is 19.0 Å². The Hall–Kier alpha value is -1.50. The van der Waals surface area contributed by atoms with Crippen LogP contribution in [-0.2, 0) is 14.0 Å². The monoisotopic (exact) mass is 309 g/mol. The van der Waals surface area contributed by atoms with Crippen molar-refractivity contribution in [1.29, 1.82) is 0 Å². The molecule has 0 aromatic carbocycles. The summed E-state index contributed by atoms with van der Waals surface area (Å²) in [6, 6.07) is 0.154. The Morgan fingerprint density at radius 3 is 2.23 bits per heavy atom. The molecule has 2 aliphatic heterocycles. The van der Waals surface area contributed by atoms with E-state index < -0.39 is 12.6 Å². The summed E-state index contributed by atoms with van der Waals surface area (Å²) in [5, 5.41) is 20.1. The minimum absolute atomic E-state index is 0.154. The number of aliphatic hydroxyl groups is 2. The summed E-state index contributed by atoms with van der Waals surface area (Å²) >= 11 is 0. The van der Waals surface area contributed by atoms with Crippen LogP contribution in [-0.4, -0.2) is 40.4 Å². The van der Waals surface area contributed by atoms with Gasteiger partial charge in [0.25, 0.3) is 11.9 Å². The van der Waals surface area contributed by atoms with E-state index in [0.717, 1.165) is 12.8 Å². The van der Waals surface area contributed by atoms with Crippen molar-refractivity contribution in [3.63, 3.8) is 0 Å². The fourth-order valence-corrected chi connectivity index (χ4v) is 3.19. The molecular formula is C15H24BNO5. The Morgan fingerprint density at radius 1 is 1.18 bits per heavy atom. The second-order valence-electron chi connectivity index (χ2n) is 6.69. The zero-order chi connectivity index (χ0) is 15.7. The lowest BCUT2D eigenvalue weighted by Gasteiger charge is -2.35. The average molecular weight is 309 g/mol. The Morgan fingerprint density at radius 2 is 1.73 bits per heavy atom. The molecule has 2 atom stereocenters. The number of epoxide rings is 1. The van der Waals surface area contributed by atoms with Crippen molar-refractivity contribution in [1.82, 2.24) is 4.90 Å². The number of hydrogen-bond acceptors (Lipinski definition) is 6. The van der Waals surface area contributed by atoms with E-state index in [4.69, 9.17) is 14.0 Å². The predicted octanol–water partition coefficient (Wildman–Crippen LogP) is 2.83. The van der Waals surface area contributed by atoms with Crippen LogP contribution in [0.2, 0.25) is 0 Å². The summed E-state index contributed by atoms with van der Waals surface area (Å²) in [7, 11) is -0.855. The molecule has 2 fully saturated rings. The lowest BCUT2D eigenvalue weighted by atomic mass is 9.73. The summed E-state index contributed by atoms with van der Waals surface area (Å²) in [5.74, 6) is 0.0719. The minimum Gasteiger partial charge on any atom is -0.496 e. The van der Waals surface area contributed by atoms with Gasteiger partial charge in [0.2, 0.25) is 0 Å². The van der Waals surface area contributed by atoms with E-state index in [1.165, 1.54) is 31.7 Å². The molecule has 3 rings (SSSR count). The van der Waals surface area contributed by atoms with Crippen molar-refractivity contribution in [2.24, 2.45) is 5.92 Å². The highest BCUT2D eigenvalue weighted by Crippen LogP contribution is 2.34. The summed E-state index contributed by atoms with van der Waals surface area (Å²) < 4.78 is 16.0. The van der Waals surface area contributed by atoms with E-state index in [1.807, 2.05) is 6.92 Å². The summed E-state index contributed by atoms with van der Waals surface area (Å²) in [5.41, 5.74) is -0.624. The molecule has 2 unspecified atom stereocenters. The van der Waals surface area contributed by atoms with E-state index in [-0.39, 0.29) is 17.9 Å². The number of nitrogens with zero attached hydrogens (tertiary/aromatic N) is 1. The van der Waals surface area contributed by atoms with Crippen LogP contribution in [0, 0.1) is 5.92 Å². The number of aliphatic hydroxyl groups excluding tert-OH is 2. The first-order chi connectivity index (χ1) is 10.5. The predicted molar refractivity (Wildman–Crippen MR) is 81.6 cm³/mol. The van der Waals surface area contributed by atoms with Gasteiger partial charge in [0.1, 0.15) is 0 Å². The third-order valence-electron chi connectivity index (χ3n) is 4.88. The molecule has 6 nitrogen and oxygen atoms in total. The quantitative estimate of drug-likeness (QED) is 0.617. The van der Waals surface area contributed by atoms with Gasteiger partial charge >= 0.3 is 7.12 Å². The lowest BCUT2D eigenvalue weighted by Crippen LogP contribution is -2.41. The Balaban J connectivity index is 1.73. The maximum absolute atomic E-state index is 10.0. The van der Waals surface area contributed by atoms with Crippen LogP contribution in [0.4, 0.5) is 0 Å². The zero-order valence-corrected chi connectivity index (χ0v) is 13.2. The van der Waals surface area contributed by atoms with Crippen molar-refractivity contribution >= 4 is 7.12 Å². The van der Waals surface area contributed by atoms with Crippen LogP contribution >= 0.6 is 0 Å². The second-order valence-corrected chi connectivity index (χ2v) is 6.69. The molecule has 22 heavy (non-hydrogen) atoms. The van der Waals surface area contributed by atoms with E-state index in [2.05, 4.69) is 6.92 Å². The fourth-order valence-electron chi connectivity index (χ4n) is 3.19. The van der Waals surface area contributed by atoms with Crippen molar-refractivity contribution < 1.29 is 24.3 Å². The van der Waals surface area contributed by atoms with Crippen LogP contribution in [0.25, 0.3) is 0 Å². The zero-order valence-electron chi connectivity index (χ0n) is 13.2. The molecule has 1 aliphatic carbocycles. The molecule has 0 amide bonds. The lowest BCUT2D eigenvalue weighted by molar-refractivity contribution is 0.0926. The highest BCUT2D eigenvalue weighted by molar-refractivity contribution is 6.49. The van der Waals surface area contributed by atoms with Gasteiger partial charge in [-0.15, -0.1) is 0 Å². The molecular weight excluding hydrogens is 285 g/mol. The number of ether oxygens (including phenoxy) is 1. The molecule has 0 spiro atoms. The summed E-state index contributed by atoms with van der Waals surface area (Å²) in [6.45, 7) is 4.37. The molecule has 2 heterocycles. The van der Waals surface area contributed by atoms with Gasteiger partial charge in [-0.05, 0) is 32.6 Å². The topological polar surface area (TPSA) is 74.7 Å². The number of rotatable bonds is 3. The van der Waals surface area contributed by atoms with Crippen molar-refractivity contribution in [3.05, 3.63) is 24.3 Å². The third-order valence-corrected chi connectivity index (χ3v) is 4.88. The van der Waals surface area contributed by atoms with E-state index in [9.17, 15) is 10.2 Å². The van der Waals surface area contributed by atoms with Gasteiger partial charge in [-0.1, -0.05) is 19.3 Å². The number of hydrogen-bond donors (Lipinski definition) is 2. The van der Waals surface area contributed by atoms with Gasteiger partial charge in [0, 0.05) is 6.04 Å². The molecule has 1 saturated carbocycles. The Bertz CT molecular complexity index is 449. The Kier molecular flexibility index (Phi) is 4.17. The van der Waals surface area contributed by atoms with Gasteiger partial charge in [-0.2, -0.15) is 0 Å². The molecule has 7 heteroatoms. The SMILES string of the molecule is CC(C1CCCCC1)N1C=C(O)OB(C2(C)CO2)O/C(O)=C\1. The molecule has 0 aromatic rings. The normalized spacial score (nSPS) is 33.5. The van der Waals surface area contributed by atoms with Gasteiger partial charge in [-0.25, -0.2) is 0 Å². The van der Waals surface area contributed by atoms with E-state index >= 15 is 0 Å². The third kappa shape index (κ3) is 3.29. The van der Waals surface area contributed by atoms with Crippen LogP contribution in [0.5, 0.6) is 0 Å². The largest absolute Gasteiger partial charge is 0.635 e. The first-order valence-corrected chi connectivity index (χ1v) is 8.04. The first-order valence-electron chi connectivity index (χ1n) is 8.04. The molecule has 0 radical (unpaired) electrons. The first kappa shape index (κ1) is 15.4. The molecule has 2 N–H and O–H groups in total. The highest BCUT2D eigenvalue weighted by atomic mass is 16.7. The molecule has 0 bridgehead atoms. The fraction of sp³-hybridized carbons (Fsp3) is 0.733. The smallest absolute Gasteiger partial charge is 0.496 e. The van der Waals surface area contributed by atoms with Crippen LogP contribution in [0.15, 0.2) is 24.3 Å². The molecule has 1 saturated heterocycles. The minimum atomic E-state index is -0.855. The van der Waals surface area contributed by atoms with Gasteiger partial charge in [-0.3, -0.25) is 0 Å². The summed E-state index contributed by atoms with van der Waals surface area (Å²) in [6.07, 6.45) is 9.11. The molecule has 3 aliphatic rings. The molecule has 122 valence electrons. The standard InChI is InChI=1S/C15H24BNO5/c1-11(12-6-4-3-5-7-12)17-8-13(18)21-16(15(2)10-20-15)22-14(19)9-17/h8-9,11-12,18-19H,3-7,10H2,1-2H3/b13-8-,14-9?. The maximum atomic E-state index is 10.0.